The van der Waals surface area contributed by atoms with Crippen molar-refractivity contribution in [2.45, 2.75) is 33.2 Å². The summed E-state index contributed by atoms with van der Waals surface area (Å²) in [5.41, 5.74) is 0.846. The van der Waals surface area contributed by atoms with Gasteiger partial charge in [0.2, 0.25) is 0 Å². The highest BCUT2D eigenvalue weighted by Gasteiger charge is 2.40. The first-order valence-corrected chi connectivity index (χ1v) is 6.74. The van der Waals surface area contributed by atoms with Gasteiger partial charge in [-0.15, -0.1) is 11.3 Å². The Labute approximate surface area is 111 Å². The van der Waals surface area contributed by atoms with Gasteiger partial charge in [0.25, 0.3) is 5.91 Å². The zero-order valence-corrected chi connectivity index (χ0v) is 11.8. The number of nitrogens with zero attached hydrogens (tertiary/aromatic N) is 1. The average Bonchev–Trinajstić information content (AvgIpc) is 2.82. The Balaban J connectivity index is 2.86. The highest BCUT2D eigenvalue weighted by Crippen LogP contribution is 2.19. The van der Waals surface area contributed by atoms with Crippen LogP contribution in [-0.2, 0) is 9.53 Å². The summed E-state index contributed by atoms with van der Waals surface area (Å²) in [7, 11) is 0. The lowest BCUT2D eigenvalue weighted by Crippen LogP contribution is -2.56. The van der Waals surface area contributed by atoms with Gasteiger partial charge in [-0.05, 0) is 19.8 Å². The third-order valence-corrected chi connectivity index (χ3v) is 3.48. The molecule has 1 aromatic heterocycles. The van der Waals surface area contributed by atoms with Gasteiger partial charge in [0.15, 0.2) is 0 Å². The number of hydrogen-bond acceptors (Lipinski definition) is 5. The van der Waals surface area contributed by atoms with Crippen molar-refractivity contribution in [3.63, 3.8) is 0 Å². The van der Waals surface area contributed by atoms with E-state index in [0.29, 0.717) is 5.69 Å². The minimum atomic E-state index is -1.04. The number of aromatic nitrogens is 1. The van der Waals surface area contributed by atoms with Gasteiger partial charge in [-0.1, -0.05) is 13.8 Å². The predicted octanol–water partition coefficient (Wildman–Crippen LogP) is 1.85. The van der Waals surface area contributed by atoms with Crippen LogP contribution >= 0.6 is 11.3 Å². The van der Waals surface area contributed by atoms with Crippen LogP contribution in [0.2, 0.25) is 0 Å². The molecule has 0 saturated heterocycles. The standard InChI is InChI=1S/C12H18N2O3S/c1-5-17-11(16)12(4,8(2)3)14-10(15)9-6-18-7-13-9/h6-8H,5H2,1-4H3,(H,14,15)/t12-/m1/s1. The van der Waals surface area contributed by atoms with E-state index in [1.165, 1.54) is 11.3 Å². The number of carbonyl (C=O) groups excluding carboxylic acids is 2. The smallest absolute Gasteiger partial charge is 0.331 e. The van der Waals surface area contributed by atoms with E-state index in [1.807, 2.05) is 13.8 Å². The van der Waals surface area contributed by atoms with Gasteiger partial charge in [0, 0.05) is 5.38 Å². The summed E-state index contributed by atoms with van der Waals surface area (Å²) < 4.78 is 5.02. The first-order valence-electron chi connectivity index (χ1n) is 5.79. The van der Waals surface area contributed by atoms with Gasteiger partial charge < -0.3 is 10.1 Å². The molecule has 1 atom stereocenters. The number of nitrogens with one attached hydrogen (secondary N) is 1. The fourth-order valence-corrected chi connectivity index (χ4v) is 1.87. The van der Waals surface area contributed by atoms with Crippen LogP contribution in [0.1, 0.15) is 38.2 Å². The Morgan fingerprint density at radius 1 is 1.56 bits per heavy atom. The van der Waals surface area contributed by atoms with E-state index in [0.717, 1.165) is 0 Å². The van der Waals surface area contributed by atoms with Crippen molar-refractivity contribution in [2.75, 3.05) is 6.61 Å². The van der Waals surface area contributed by atoms with E-state index < -0.39 is 11.5 Å². The van der Waals surface area contributed by atoms with Crippen LogP contribution in [0.5, 0.6) is 0 Å². The van der Waals surface area contributed by atoms with Crippen molar-refractivity contribution < 1.29 is 14.3 Å². The maximum Gasteiger partial charge on any atom is 0.331 e. The van der Waals surface area contributed by atoms with Gasteiger partial charge >= 0.3 is 5.97 Å². The normalized spacial score (nSPS) is 14.1. The van der Waals surface area contributed by atoms with Crippen molar-refractivity contribution in [2.24, 2.45) is 5.92 Å². The van der Waals surface area contributed by atoms with Crippen LogP contribution in [0.15, 0.2) is 10.9 Å². The first kappa shape index (κ1) is 14.6. The second-order valence-corrected chi connectivity index (χ2v) is 5.12. The van der Waals surface area contributed by atoms with Crippen molar-refractivity contribution >= 4 is 23.2 Å². The minimum absolute atomic E-state index is 0.0841. The van der Waals surface area contributed by atoms with Gasteiger partial charge in [0.1, 0.15) is 11.2 Å². The lowest BCUT2D eigenvalue weighted by Gasteiger charge is -2.31. The topological polar surface area (TPSA) is 68.3 Å². The third-order valence-electron chi connectivity index (χ3n) is 2.89. The molecule has 0 saturated carbocycles. The SMILES string of the molecule is CCOC(=O)[C@](C)(NC(=O)c1cscn1)C(C)C. The molecule has 6 heteroatoms. The summed E-state index contributed by atoms with van der Waals surface area (Å²) in [6.07, 6.45) is 0. The van der Waals surface area contributed by atoms with E-state index in [4.69, 9.17) is 4.74 Å². The maximum atomic E-state index is 12.0. The summed E-state index contributed by atoms with van der Waals surface area (Å²) in [5, 5.41) is 4.35. The molecule has 0 fully saturated rings. The number of thiazole rings is 1. The number of hydrogen-bond donors (Lipinski definition) is 1. The van der Waals surface area contributed by atoms with Crippen molar-refractivity contribution in [1.29, 1.82) is 0 Å². The Morgan fingerprint density at radius 2 is 2.22 bits per heavy atom. The van der Waals surface area contributed by atoms with Crippen LogP contribution in [0.4, 0.5) is 0 Å². The second-order valence-electron chi connectivity index (χ2n) is 4.41. The summed E-state index contributed by atoms with van der Waals surface area (Å²) in [6, 6.07) is 0. The second kappa shape index (κ2) is 5.95. The van der Waals surface area contributed by atoms with Crippen LogP contribution in [0, 0.1) is 5.92 Å². The number of amides is 1. The average molecular weight is 270 g/mol. The zero-order chi connectivity index (χ0) is 13.8. The lowest BCUT2D eigenvalue weighted by atomic mass is 9.88. The molecular formula is C12H18N2O3S. The van der Waals surface area contributed by atoms with Gasteiger partial charge in [-0.2, -0.15) is 0 Å². The van der Waals surface area contributed by atoms with Gasteiger partial charge in [-0.25, -0.2) is 9.78 Å². The quantitative estimate of drug-likeness (QED) is 0.829. The Hall–Kier alpha value is -1.43. The van der Waals surface area contributed by atoms with Gasteiger partial charge in [-0.3, -0.25) is 4.79 Å². The Morgan fingerprint density at radius 3 is 2.67 bits per heavy atom. The molecule has 0 aliphatic carbocycles. The molecule has 100 valence electrons. The molecule has 0 unspecified atom stereocenters. The summed E-state index contributed by atoms with van der Waals surface area (Å²) in [5.74, 6) is -0.872. The van der Waals surface area contributed by atoms with Crippen molar-refractivity contribution in [3.8, 4) is 0 Å². The number of carbonyl (C=O) groups is 2. The molecule has 0 radical (unpaired) electrons. The Kier molecular flexibility index (Phi) is 4.84. The molecule has 5 nitrogen and oxygen atoms in total. The van der Waals surface area contributed by atoms with Crippen molar-refractivity contribution in [3.05, 3.63) is 16.6 Å². The highest BCUT2D eigenvalue weighted by molar-refractivity contribution is 7.07. The zero-order valence-electron chi connectivity index (χ0n) is 11.0. The number of ether oxygens (including phenoxy) is 1. The monoisotopic (exact) mass is 270 g/mol. The lowest BCUT2D eigenvalue weighted by molar-refractivity contribution is -0.152. The van der Waals surface area contributed by atoms with E-state index in [2.05, 4.69) is 10.3 Å². The predicted molar refractivity (Wildman–Crippen MR) is 69.5 cm³/mol. The van der Waals surface area contributed by atoms with E-state index in [-0.39, 0.29) is 18.4 Å². The number of rotatable bonds is 5. The first-order chi connectivity index (χ1) is 8.41. The Bertz CT molecular complexity index is 417. The van der Waals surface area contributed by atoms with Crippen LogP contribution in [0.3, 0.4) is 0 Å². The highest BCUT2D eigenvalue weighted by atomic mass is 32.1. The third kappa shape index (κ3) is 3.07. The van der Waals surface area contributed by atoms with Gasteiger partial charge in [0.05, 0.1) is 12.1 Å². The van der Waals surface area contributed by atoms with Crippen molar-refractivity contribution in [1.82, 2.24) is 10.3 Å². The molecule has 0 bridgehead atoms. The number of esters is 1. The summed E-state index contributed by atoms with van der Waals surface area (Å²) in [6.45, 7) is 7.41. The van der Waals surface area contributed by atoms with Crippen LogP contribution in [0.25, 0.3) is 0 Å². The molecule has 18 heavy (non-hydrogen) atoms. The van der Waals surface area contributed by atoms with Crippen LogP contribution in [-0.4, -0.2) is 29.0 Å². The minimum Gasteiger partial charge on any atom is -0.464 e. The molecule has 1 heterocycles. The molecule has 1 aromatic rings. The fraction of sp³-hybridized carbons (Fsp3) is 0.583. The molecule has 0 aliphatic heterocycles. The molecule has 0 spiro atoms. The largest absolute Gasteiger partial charge is 0.464 e. The van der Waals surface area contributed by atoms with Crippen LogP contribution < -0.4 is 5.32 Å². The van der Waals surface area contributed by atoms with E-state index in [9.17, 15) is 9.59 Å². The molecular weight excluding hydrogens is 252 g/mol. The molecule has 1 rings (SSSR count). The molecule has 0 aromatic carbocycles. The van der Waals surface area contributed by atoms with E-state index >= 15 is 0 Å². The summed E-state index contributed by atoms with van der Waals surface area (Å²) in [4.78, 5) is 27.8. The molecule has 1 amide bonds. The maximum absolute atomic E-state index is 12.0. The van der Waals surface area contributed by atoms with E-state index in [1.54, 1.807) is 24.7 Å². The molecule has 0 aliphatic rings. The molecule has 1 N–H and O–H groups in total. The summed E-state index contributed by atoms with van der Waals surface area (Å²) >= 11 is 1.33. The fourth-order valence-electron chi connectivity index (χ4n) is 1.34.